The number of halogens is 3. The van der Waals surface area contributed by atoms with Crippen molar-refractivity contribution < 1.29 is 27.6 Å². The number of nitrogens with zero attached hydrogens (tertiary/aromatic N) is 4. The van der Waals surface area contributed by atoms with Crippen molar-refractivity contribution in [2.45, 2.75) is 51.5 Å². The molecule has 1 aliphatic heterocycles. The van der Waals surface area contributed by atoms with E-state index >= 15 is 0 Å². The van der Waals surface area contributed by atoms with Crippen LogP contribution in [0.4, 0.5) is 19.0 Å². The van der Waals surface area contributed by atoms with Gasteiger partial charge in [-0.1, -0.05) is 12.8 Å². The summed E-state index contributed by atoms with van der Waals surface area (Å²) in [5, 5.41) is 12.2. The van der Waals surface area contributed by atoms with Gasteiger partial charge in [0.15, 0.2) is 17.3 Å². The van der Waals surface area contributed by atoms with E-state index in [4.69, 9.17) is 0 Å². The summed E-state index contributed by atoms with van der Waals surface area (Å²) in [6.07, 6.45) is 2.38. The third kappa shape index (κ3) is 5.41. The molecule has 0 bridgehead atoms. The smallest absolute Gasteiger partial charge is 0.385 e. The maximum absolute atomic E-state index is 12.9. The summed E-state index contributed by atoms with van der Waals surface area (Å²) in [5.74, 6) is -1.58. The zero-order valence-corrected chi connectivity index (χ0v) is 18.1. The van der Waals surface area contributed by atoms with Crippen LogP contribution in [0.1, 0.15) is 53.6 Å². The highest BCUT2D eigenvalue weighted by atomic mass is 19.4. The van der Waals surface area contributed by atoms with Crippen molar-refractivity contribution in [3.05, 3.63) is 41.2 Å². The molecule has 3 heterocycles. The third-order valence-corrected chi connectivity index (χ3v) is 5.46. The second kappa shape index (κ2) is 9.23. The number of aromatic nitrogens is 4. The van der Waals surface area contributed by atoms with Crippen LogP contribution in [0.3, 0.4) is 0 Å². The van der Waals surface area contributed by atoms with Crippen LogP contribution in [0.2, 0.25) is 0 Å². The van der Waals surface area contributed by atoms with Crippen molar-refractivity contribution in [2.24, 2.45) is 5.92 Å². The molecule has 4 rings (SSSR count). The van der Waals surface area contributed by atoms with Crippen LogP contribution >= 0.6 is 0 Å². The summed E-state index contributed by atoms with van der Waals surface area (Å²) in [6.45, 7) is 1.53. The lowest BCUT2D eigenvalue weighted by Crippen LogP contribution is -2.45. The van der Waals surface area contributed by atoms with Crippen LogP contribution in [0.15, 0.2) is 18.6 Å². The highest BCUT2D eigenvalue weighted by molar-refractivity contribution is 5.97. The molecule has 0 spiro atoms. The van der Waals surface area contributed by atoms with E-state index in [-0.39, 0.29) is 29.8 Å². The molecule has 0 saturated heterocycles. The van der Waals surface area contributed by atoms with Crippen LogP contribution < -0.4 is 16.0 Å². The maximum Gasteiger partial charge on any atom is 0.434 e. The number of rotatable bonds is 8. The van der Waals surface area contributed by atoms with Crippen molar-refractivity contribution >= 4 is 29.5 Å². The molecule has 1 saturated carbocycles. The van der Waals surface area contributed by atoms with E-state index in [0.29, 0.717) is 30.4 Å². The number of amides is 2. The van der Waals surface area contributed by atoms with Crippen molar-refractivity contribution in [2.75, 3.05) is 5.32 Å². The molecule has 13 heteroatoms. The van der Waals surface area contributed by atoms with E-state index in [9.17, 15) is 27.6 Å². The van der Waals surface area contributed by atoms with Gasteiger partial charge in [0.2, 0.25) is 11.8 Å². The number of nitrogens with one attached hydrogen (secondary N) is 3. The van der Waals surface area contributed by atoms with E-state index in [1.165, 1.54) is 11.6 Å². The largest absolute Gasteiger partial charge is 0.434 e. The highest BCUT2D eigenvalue weighted by Gasteiger charge is 2.34. The average molecular weight is 477 g/mol. The fraction of sp³-hybridized carbons (Fsp3) is 0.429. The monoisotopic (exact) mass is 477 g/mol. The average Bonchev–Trinajstić information content (AvgIpc) is 3.52. The van der Waals surface area contributed by atoms with E-state index < -0.39 is 29.7 Å². The molecule has 10 nitrogen and oxygen atoms in total. The summed E-state index contributed by atoms with van der Waals surface area (Å²) in [6, 6.07) is -0.979. The van der Waals surface area contributed by atoms with Crippen LogP contribution in [-0.4, -0.2) is 43.4 Å². The minimum absolute atomic E-state index is 0.233. The first-order valence-corrected chi connectivity index (χ1v) is 10.6. The highest BCUT2D eigenvalue weighted by Crippen LogP contribution is 2.34. The van der Waals surface area contributed by atoms with Crippen molar-refractivity contribution in [3.8, 4) is 0 Å². The summed E-state index contributed by atoms with van der Waals surface area (Å²) >= 11 is 0. The lowest BCUT2D eigenvalue weighted by molar-refractivity contribution is -0.141. The Hall–Kier alpha value is -3.77. The first kappa shape index (κ1) is 23.4. The fourth-order valence-corrected chi connectivity index (χ4v) is 3.63. The Labute approximate surface area is 192 Å². The summed E-state index contributed by atoms with van der Waals surface area (Å²) < 4.78 is 40.1. The van der Waals surface area contributed by atoms with E-state index in [2.05, 4.69) is 31.0 Å². The Kier molecular flexibility index (Phi) is 6.35. The Morgan fingerprint density at radius 2 is 2.03 bits per heavy atom. The number of ketones is 1. The van der Waals surface area contributed by atoms with Crippen LogP contribution in [0.5, 0.6) is 0 Å². The van der Waals surface area contributed by atoms with Gasteiger partial charge in [-0.2, -0.15) is 18.3 Å². The van der Waals surface area contributed by atoms with Gasteiger partial charge in [-0.3, -0.25) is 24.0 Å². The predicted molar refractivity (Wildman–Crippen MR) is 113 cm³/mol. The molecule has 2 aromatic rings. The Bertz CT molecular complexity index is 1150. The molecule has 0 radical (unpaired) electrons. The Morgan fingerprint density at radius 1 is 1.26 bits per heavy atom. The second-order valence-electron chi connectivity index (χ2n) is 8.21. The van der Waals surface area contributed by atoms with Crippen LogP contribution in [-0.2, 0) is 28.9 Å². The molecule has 3 N–H and O–H groups in total. The molecule has 2 aromatic heterocycles. The van der Waals surface area contributed by atoms with Gasteiger partial charge >= 0.3 is 6.18 Å². The first-order chi connectivity index (χ1) is 16.1. The van der Waals surface area contributed by atoms with Crippen LogP contribution in [0, 0.1) is 5.92 Å². The van der Waals surface area contributed by atoms with Gasteiger partial charge < -0.3 is 16.0 Å². The molecule has 34 heavy (non-hydrogen) atoms. The molecule has 1 aliphatic carbocycles. The van der Waals surface area contributed by atoms with Gasteiger partial charge in [0.05, 0.1) is 24.6 Å². The summed E-state index contributed by atoms with van der Waals surface area (Å²) in [7, 11) is 0. The van der Waals surface area contributed by atoms with E-state index in [1.54, 1.807) is 12.3 Å². The lowest BCUT2D eigenvalue weighted by atomic mass is 10.1. The van der Waals surface area contributed by atoms with Gasteiger partial charge in [0, 0.05) is 12.5 Å². The minimum Gasteiger partial charge on any atom is -0.385 e. The quantitative estimate of drug-likeness (QED) is 0.495. The molecule has 180 valence electrons. The number of anilines is 1. The number of hydrogen-bond donors (Lipinski definition) is 3. The number of alkyl halides is 3. The summed E-state index contributed by atoms with van der Waals surface area (Å²) in [4.78, 5) is 44.3. The molecule has 2 aliphatic rings. The van der Waals surface area contributed by atoms with Crippen molar-refractivity contribution in [3.63, 3.8) is 0 Å². The van der Waals surface area contributed by atoms with Gasteiger partial charge in [-0.25, -0.2) is 4.98 Å². The van der Waals surface area contributed by atoms with Gasteiger partial charge in [-0.05, 0) is 24.6 Å². The molecule has 2 amide bonds. The number of hydrogen-bond acceptors (Lipinski definition) is 7. The molecule has 1 atom stereocenters. The Morgan fingerprint density at radius 3 is 2.71 bits per heavy atom. The number of carbonyl (C=O) groups is 3. The zero-order valence-electron chi connectivity index (χ0n) is 18.1. The number of fused-ring (bicyclic) bond motifs is 1. The number of Topliss-reactive ketones (excluding diaryl/α,β-unsaturated/α-hetero) is 1. The molecular formula is C21H22F3N7O3. The molecule has 0 unspecified atom stereocenters. The van der Waals surface area contributed by atoms with Crippen molar-refractivity contribution in [1.82, 2.24) is 30.4 Å². The van der Waals surface area contributed by atoms with E-state index in [1.807, 2.05) is 0 Å². The fourth-order valence-electron chi connectivity index (χ4n) is 3.63. The molecule has 0 aromatic carbocycles. The van der Waals surface area contributed by atoms with Gasteiger partial charge in [-0.15, -0.1) is 0 Å². The first-order valence-electron chi connectivity index (χ1n) is 10.6. The summed E-state index contributed by atoms with van der Waals surface area (Å²) in [5.41, 5.74) is 0.302. The minimum atomic E-state index is -4.71. The van der Waals surface area contributed by atoms with Gasteiger partial charge in [0.25, 0.3) is 0 Å². The van der Waals surface area contributed by atoms with Gasteiger partial charge in [0.1, 0.15) is 18.3 Å². The predicted octanol–water partition coefficient (Wildman–Crippen LogP) is 1.89. The Balaban J connectivity index is 1.47. The molecule has 1 fully saturated rings. The standard InChI is InChI=1S/C21H22F3N7O3/c1-11(32)19-13-4-5-25-7-15(13)31(30-19)10-18(33)27-14(6-12-2-3-12)20(34)29-17-9-26-8-16(28-17)21(22,23)24/h4-5,8-9,12,14,25H,2-3,6-7,10H2,1H3,(H,27,33)(H,28,29,34)/t14-/m0/s1. The number of carbonyl (C=O) groups excluding carboxylic acids is 3. The zero-order chi connectivity index (χ0) is 24.5. The van der Waals surface area contributed by atoms with Crippen LogP contribution in [0.25, 0.3) is 6.08 Å². The van der Waals surface area contributed by atoms with Crippen molar-refractivity contribution in [1.29, 1.82) is 0 Å². The third-order valence-electron chi connectivity index (χ3n) is 5.46. The topological polar surface area (TPSA) is 131 Å². The molecular weight excluding hydrogens is 455 g/mol. The maximum atomic E-state index is 12.9. The SMILES string of the molecule is CC(=O)c1nn(CC(=O)N[C@@H](CC2CC2)C(=O)Nc2cncc(C(F)(F)F)n2)c2c1C=CNC2. The second-order valence-corrected chi connectivity index (χ2v) is 8.21. The normalized spacial score (nSPS) is 15.8. The lowest BCUT2D eigenvalue weighted by Gasteiger charge is -2.19. The van der Waals surface area contributed by atoms with E-state index in [0.717, 1.165) is 19.0 Å².